The molecule has 0 fully saturated rings. The van der Waals surface area contributed by atoms with Gasteiger partial charge in [0.1, 0.15) is 6.04 Å². The van der Waals surface area contributed by atoms with E-state index in [1.165, 1.54) is 13.1 Å². The molecular weight excluding hydrogens is 316 g/mol. The summed E-state index contributed by atoms with van der Waals surface area (Å²) in [6, 6.07) is 9.13. The van der Waals surface area contributed by atoms with Gasteiger partial charge in [-0.1, -0.05) is 6.07 Å². The van der Waals surface area contributed by atoms with E-state index in [2.05, 4.69) is 16.0 Å². The van der Waals surface area contributed by atoms with Crippen LogP contribution in [0.15, 0.2) is 42.5 Å². The van der Waals surface area contributed by atoms with Gasteiger partial charge in [0.05, 0.1) is 0 Å². The van der Waals surface area contributed by atoms with Gasteiger partial charge in [-0.05, 0) is 37.3 Å². The van der Waals surface area contributed by atoms with Gasteiger partial charge < -0.3 is 16.0 Å². The molecule has 2 aromatic rings. The second-order valence-corrected chi connectivity index (χ2v) is 5.14. The summed E-state index contributed by atoms with van der Waals surface area (Å²) in [6.45, 7) is 1.61. The quantitative estimate of drug-likeness (QED) is 0.788. The van der Waals surface area contributed by atoms with E-state index in [0.717, 1.165) is 12.1 Å². The molecule has 0 spiro atoms. The Hall–Kier alpha value is -2.96. The van der Waals surface area contributed by atoms with Gasteiger partial charge in [0, 0.05) is 30.1 Å². The average molecular weight is 333 g/mol. The van der Waals surface area contributed by atoms with Crippen molar-refractivity contribution in [2.24, 2.45) is 0 Å². The SMILES string of the molecule is CNC(=O)c1cccc(NC(C)C(=O)Nc2ccc(F)c(F)c2)c1. The molecule has 0 heterocycles. The first-order chi connectivity index (χ1) is 11.4. The van der Waals surface area contributed by atoms with Gasteiger partial charge in [-0.15, -0.1) is 0 Å². The number of nitrogens with one attached hydrogen (secondary N) is 3. The van der Waals surface area contributed by atoms with E-state index in [4.69, 9.17) is 0 Å². The molecule has 126 valence electrons. The third kappa shape index (κ3) is 4.28. The molecule has 0 aliphatic carbocycles. The fourth-order valence-electron chi connectivity index (χ4n) is 2.03. The Morgan fingerprint density at radius 1 is 1.00 bits per heavy atom. The summed E-state index contributed by atoms with van der Waals surface area (Å²) in [4.78, 5) is 23.7. The van der Waals surface area contributed by atoms with E-state index in [0.29, 0.717) is 11.3 Å². The highest BCUT2D eigenvalue weighted by atomic mass is 19.2. The van der Waals surface area contributed by atoms with Crippen LogP contribution in [-0.2, 0) is 4.79 Å². The van der Waals surface area contributed by atoms with Gasteiger partial charge >= 0.3 is 0 Å². The van der Waals surface area contributed by atoms with E-state index in [1.54, 1.807) is 31.2 Å². The number of carbonyl (C=O) groups is 2. The third-order valence-electron chi connectivity index (χ3n) is 3.32. The summed E-state index contributed by atoms with van der Waals surface area (Å²) in [6.07, 6.45) is 0. The Bertz CT molecular complexity index is 765. The Kier molecular flexibility index (Phi) is 5.47. The fraction of sp³-hybridized carbons (Fsp3) is 0.176. The van der Waals surface area contributed by atoms with Gasteiger partial charge in [0.2, 0.25) is 5.91 Å². The molecule has 1 unspecified atom stereocenters. The number of halogens is 2. The lowest BCUT2D eigenvalue weighted by Gasteiger charge is -2.16. The van der Waals surface area contributed by atoms with Crippen molar-refractivity contribution in [2.75, 3.05) is 17.7 Å². The molecule has 3 N–H and O–H groups in total. The molecule has 0 saturated heterocycles. The molecule has 1 atom stereocenters. The van der Waals surface area contributed by atoms with Crippen LogP contribution >= 0.6 is 0 Å². The van der Waals surface area contributed by atoms with Crippen LogP contribution in [0.1, 0.15) is 17.3 Å². The lowest BCUT2D eigenvalue weighted by Crippen LogP contribution is -2.32. The van der Waals surface area contributed by atoms with Crippen LogP contribution in [-0.4, -0.2) is 24.9 Å². The van der Waals surface area contributed by atoms with Crippen molar-refractivity contribution in [3.63, 3.8) is 0 Å². The molecule has 2 amide bonds. The first-order valence-electron chi connectivity index (χ1n) is 7.25. The summed E-state index contributed by atoms with van der Waals surface area (Å²) in [5, 5.41) is 7.95. The second kappa shape index (κ2) is 7.54. The number of hydrogen-bond acceptors (Lipinski definition) is 3. The monoisotopic (exact) mass is 333 g/mol. The Balaban J connectivity index is 2.03. The summed E-state index contributed by atoms with van der Waals surface area (Å²) in [7, 11) is 1.53. The number of hydrogen-bond donors (Lipinski definition) is 3. The first kappa shape index (κ1) is 17.4. The summed E-state index contributed by atoms with van der Waals surface area (Å²) in [5.74, 6) is -2.68. The number of benzene rings is 2. The zero-order chi connectivity index (χ0) is 17.7. The van der Waals surface area contributed by atoms with E-state index in [9.17, 15) is 18.4 Å². The highest BCUT2D eigenvalue weighted by molar-refractivity contribution is 5.97. The van der Waals surface area contributed by atoms with Crippen LogP contribution in [0.2, 0.25) is 0 Å². The molecule has 0 radical (unpaired) electrons. The van der Waals surface area contributed by atoms with E-state index in [1.807, 2.05) is 0 Å². The third-order valence-corrected chi connectivity index (χ3v) is 3.32. The number of anilines is 2. The second-order valence-electron chi connectivity index (χ2n) is 5.14. The van der Waals surface area contributed by atoms with Crippen LogP contribution in [0.3, 0.4) is 0 Å². The zero-order valence-corrected chi connectivity index (χ0v) is 13.2. The summed E-state index contributed by atoms with van der Waals surface area (Å²) in [5.41, 5.74) is 1.20. The van der Waals surface area contributed by atoms with Crippen molar-refractivity contribution >= 4 is 23.2 Å². The molecule has 0 aliphatic heterocycles. The maximum atomic E-state index is 13.2. The van der Waals surface area contributed by atoms with Gasteiger partial charge in [-0.2, -0.15) is 0 Å². The minimum atomic E-state index is -1.04. The van der Waals surface area contributed by atoms with Crippen LogP contribution in [0.25, 0.3) is 0 Å². The van der Waals surface area contributed by atoms with E-state index < -0.39 is 23.6 Å². The first-order valence-corrected chi connectivity index (χ1v) is 7.25. The molecule has 0 bridgehead atoms. The Morgan fingerprint density at radius 3 is 2.42 bits per heavy atom. The van der Waals surface area contributed by atoms with Gasteiger partial charge in [0.25, 0.3) is 5.91 Å². The van der Waals surface area contributed by atoms with Crippen molar-refractivity contribution in [1.29, 1.82) is 0 Å². The molecular formula is C17H17F2N3O2. The maximum Gasteiger partial charge on any atom is 0.251 e. The van der Waals surface area contributed by atoms with Crippen molar-refractivity contribution in [1.82, 2.24) is 5.32 Å². The number of rotatable bonds is 5. The summed E-state index contributed by atoms with van der Waals surface area (Å²) >= 11 is 0. The minimum Gasteiger partial charge on any atom is -0.374 e. The molecule has 5 nitrogen and oxygen atoms in total. The molecule has 2 rings (SSSR count). The molecule has 2 aromatic carbocycles. The standard InChI is InChI=1S/C17H17F2N3O2/c1-10(16(23)22-13-6-7-14(18)15(19)9-13)21-12-5-3-4-11(8-12)17(24)20-2/h3-10,21H,1-2H3,(H,20,24)(H,22,23). The van der Waals surface area contributed by atoms with Crippen LogP contribution in [0, 0.1) is 11.6 Å². The Morgan fingerprint density at radius 2 is 1.75 bits per heavy atom. The molecule has 0 aliphatic rings. The lowest BCUT2D eigenvalue weighted by atomic mass is 10.1. The normalized spacial score (nSPS) is 11.5. The summed E-state index contributed by atoms with van der Waals surface area (Å²) < 4.78 is 26.0. The minimum absolute atomic E-state index is 0.159. The van der Waals surface area contributed by atoms with Crippen LogP contribution in [0.5, 0.6) is 0 Å². The highest BCUT2D eigenvalue weighted by Gasteiger charge is 2.14. The van der Waals surface area contributed by atoms with Gasteiger partial charge in [0.15, 0.2) is 11.6 Å². The van der Waals surface area contributed by atoms with E-state index in [-0.39, 0.29) is 11.6 Å². The maximum absolute atomic E-state index is 13.2. The highest BCUT2D eigenvalue weighted by Crippen LogP contribution is 2.15. The van der Waals surface area contributed by atoms with Crippen LogP contribution in [0.4, 0.5) is 20.2 Å². The zero-order valence-electron chi connectivity index (χ0n) is 13.2. The predicted octanol–water partition coefficient (Wildman–Crippen LogP) is 2.76. The van der Waals surface area contributed by atoms with Gasteiger partial charge in [-0.3, -0.25) is 9.59 Å². The van der Waals surface area contributed by atoms with Crippen LogP contribution < -0.4 is 16.0 Å². The predicted molar refractivity (Wildman–Crippen MR) is 87.9 cm³/mol. The van der Waals surface area contributed by atoms with Gasteiger partial charge in [-0.25, -0.2) is 8.78 Å². The van der Waals surface area contributed by atoms with E-state index >= 15 is 0 Å². The molecule has 0 aromatic heterocycles. The van der Waals surface area contributed by atoms with Crippen molar-refractivity contribution in [2.45, 2.75) is 13.0 Å². The molecule has 24 heavy (non-hydrogen) atoms. The average Bonchev–Trinajstić information content (AvgIpc) is 2.57. The Labute approximate surface area is 138 Å². The molecule has 0 saturated carbocycles. The smallest absolute Gasteiger partial charge is 0.251 e. The lowest BCUT2D eigenvalue weighted by molar-refractivity contribution is -0.116. The number of carbonyl (C=O) groups excluding carboxylic acids is 2. The topological polar surface area (TPSA) is 70.2 Å². The number of amides is 2. The molecule has 7 heteroatoms. The van der Waals surface area contributed by atoms with Crippen molar-refractivity contribution in [3.05, 3.63) is 59.7 Å². The largest absolute Gasteiger partial charge is 0.374 e. The fourth-order valence-corrected chi connectivity index (χ4v) is 2.03. The van der Waals surface area contributed by atoms with Crippen molar-refractivity contribution in [3.8, 4) is 0 Å². The van der Waals surface area contributed by atoms with Crippen molar-refractivity contribution < 1.29 is 18.4 Å².